The van der Waals surface area contributed by atoms with E-state index in [1.807, 2.05) is 0 Å². The molecule has 2 atom stereocenters. The molecule has 256 valence electrons. The topological polar surface area (TPSA) is 154 Å². The second-order valence-corrected chi connectivity index (χ2v) is 13.2. The smallest absolute Gasteiger partial charge is 0.303 e. The van der Waals surface area contributed by atoms with E-state index >= 15 is 4.39 Å². The van der Waals surface area contributed by atoms with Crippen molar-refractivity contribution in [2.24, 2.45) is 13.0 Å². The Labute approximate surface area is 286 Å². The van der Waals surface area contributed by atoms with Crippen molar-refractivity contribution in [3.05, 3.63) is 75.0 Å². The van der Waals surface area contributed by atoms with Crippen LogP contribution in [0.25, 0.3) is 38.1 Å². The molecule has 3 aromatic heterocycles. The highest BCUT2D eigenvalue weighted by Gasteiger charge is 2.43. The number of likely N-dealkylation sites (N-methyl/N-ethyl adjacent to an activating group) is 1. The van der Waals surface area contributed by atoms with Crippen LogP contribution in [-0.2, 0) is 23.1 Å². The number of likely N-dealkylation sites (tertiary alicyclic amines) is 1. The van der Waals surface area contributed by atoms with Crippen LogP contribution in [-0.4, -0.2) is 88.5 Å². The van der Waals surface area contributed by atoms with Gasteiger partial charge in [-0.05, 0) is 37.1 Å². The number of carboxylic acid groups (broad SMARTS) is 1. The number of carbonyl (C=O) groups excluding carboxylic acids is 2. The number of aliphatic carboxylic acids is 1. The molecule has 0 saturated carbocycles. The van der Waals surface area contributed by atoms with Crippen LogP contribution in [0, 0.1) is 18.3 Å². The third kappa shape index (κ3) is 5.43. The van der Waals surface area contributed by atoms with Gasteiger partial charge in [0.1, 0.15) is 17.0 Å². The van der Waals surface area contributed by atoms with E-state index in [-0.39, 0.29) is 35.5 Å². The van der Waals surface area contributed by atoms with Gasteiger partial charge in [0.15, 0.2) is 5.78 Å². The quantitative estimate of drug-likeness (QED) is 0.197. The maximum absolute atomic E-state index is 15.5. The molecule has 2 saturated heterocycles. The van der Waals surface area contributed by atoms with E-state index < -0.39 is 35.5 Å². The molecule has 2 fully saturated rings. The lowest BCUT2D eigenvalue weighted by molar-refractivity contribution is -0.138. The van der Waals surface area contributed by atoms with E-state index in [0.717, 1.165) is 43.0 Å². The number of carboxylic acids is 1. The predicted molar refractivity (Wildman–Crippen MR) is 185 cm³/mol. The number of amides is 1. The Hall–Kier alpha value is -5.68. The van der Waals surface area contributed by atoms with Crippen molar-refractivity contribution < 1.29 is 23.9 Å². The third-order valence-corrected chi connectivity index (χ3v) is 10.1. The van der Waals surface area contributed by atoms with Crippen LogP contribution in [0.5, 0.6) is 0 Å². The van der Waals surface area contributed by atoms with Gasteiger partial charge in [0.25, 0.3) is 5.91 Å². The summed E-state index contributed by atoms with van der Waals surface area (Å²) in [6, 6.07) is 3.22. The van der Waals surface area contributed by atoms with Crippen molar-refractivity contribution in [1.29, 1.82) is 0 Å². The Morgan fingerprint density at radius 1 is 1.12 bits per heavy atom. The van der Waals surface area contributed by atoms with Crippen LogP contribution in [0.4, 0.5) is 21.5 Å². The number of aryl methyl sites for hydroxylation is 1. The van der Waals surface area contributed by atoms with E-state index in [2.05, 4.69) is 37.3 Å². The average Bonchev–Trinajstić information content (AvgIpc) is 3.79. The first kappa shape index (κ1) is 32.8. The Kier molecular flexibility index (Phi) is 8.31. The SMILES string of the molecule is [C-]#[N+]c1c(F)cc(NC)c2c1-c1c(ncc(-c3cnc4c(c3)c(=O)c(C(=O)NCC(=O)CCC(=O)O)cn4C)c1N1CC[C@H]3CN(C)C[C@H]31)C2. The molecule has 2 aliphatic heterocycles. The highest BCUT2D eigenvalue weighted by molar-refractivity contribution is 6.03. The lowest BCUT2D eigenvalue weighted by Crippen LogP contribution is -2.35. The minimum Gasteiger partial charge on any atom is -0.481 e. The first-order chi connectivity index (χ1) is 24.0. The van der Waals surface area contributed by atoms with E-state index in [4.69, 9.17) is 16.7 Å². The van der Waals surface area contributed by atoms with Crippen molar-refractivity contribution in [2.75, 3.05) is 50.5 Å². The lowest BCUT2D eigenvalue weighted by atomic mass is 9.95. The van der Waals surface area contributed by atoms with Gasteiger partial charge in [-0.2, -0.15) is 0 Å². The summed E-state index contributed by atoms with van der Waals surface area (Å²) in [4.78, 5) is 67.7. The second kappa shape index (κ2) is 12.6. The first-order valence-corrected chi connectivity index (χ1v) is 16.4. The Morgan fingerprint density at radius 3 is 2.66 bits per heavy atom. The summed E-state index contributed by atoms with van der Waals surface area (Å²) >= 11 is 0. The Morgan fingerprint density at radius 2 is 1.92 bits per heavy atom. The average molecular weight is 679 g/mol. The molecule has 7 rings (SSSR count). The summed E-state index contributed by atoms with van der Waals surface area (Å²) in [6.45, 7) is 10.1. The molecule has 0 spiro atoms. The molecule has 0 bridgehead atoms. The molecule has 3 aliphatic rings. The normalized spacial score (nSPS) is 17.7. The van der Waals surface area contributed by atoms with Crippen molar-refractivity contribution >= 4 is 45.8 Å². The highest BCUT2D eigenvalue weighted by atomic mass is 19.1. The number of pyridine rings is 3. The number of halogens is 1. The fraction of sp³-hybridized carbons (Fsp3) is 0.361. The van der Waals surface area contributed by atoms with Gasteiger partial charge in [-0.1, -0.05) is 0 Å². The second-order valence-electron chi connectivity index (χ2n) is 13.2. The predicted octanol–water partition coefficient (Wildman–Crippen LogP) is 3.60. The largest absolute Gasteiger partial charge is 0.481 e. The maximum atomic E-state index is 15.5. The molecule has 4 aromatic rings. The summed E-state index contributed by atoms with van der Waals surface area (Å²) in [6.07, 6.45) is 5.56. The summed E-state index contributed by atoms with van der Waals surface area (Å²) < 4.78 is 17.1. The first-order valence-electron chi connectivity index (χ1n) is 16.4. The molecule has 1 amide bonds. The number of rotatable bonds is 9. The minimum atomic E-state index is -1.12. The molecule has 14 heteroatoms. The van der Waals surface area contributed by atoms with Gasteiger partial charge in [0.2, 0.25) is 11.1 Å². The van der Waals surface area contributed by atoms with Gasteiger partial charge in [-0.3, -0.25) is 24.2 Å². The van der Waals surface area contributed by atoms with Crippen LogP contribution < -0.4 is 21.0 Å². The van der Waals surface area contributed by atoms with Crippen LogP contribution >= 0.6 is 0 Å². The number of ketones is 1. The molecule has 5 heterocycles. The zero-order chi connectivity index (χ0) is 35.4. The van der Waals surface area contributed by atoms with Gasteiger partial charge < -0.3 is 30.1 Å². The third-order valence-electron chi connectivity index (χ3n) is 10.1. The lowest BCUT2D eigenvalue weighted by Gasteiger charge is -2.31. The van der Waals surface area contributed by atoms with Crippen molar-refractivity contribution in [2.45, 2.75) is 31.7 Å². The number of hydrogen-bond acceptors (Lipinski definition) is 9. The zero-order valence-corrected chi connectivity index (χ0v) is 27.8. The van der Waals surface area contributed by atoms with Crippen molar-refractivity contribution in [1.82, 2.24) is 24.8 Å². The van der Waals surface area contributed by atoms with Crippen LogP contribution in [0.15, 0.2) is 35.5 Å². The van der Waals surface area contributed by atoms with Gasteiger partial charge in [0.05, 0.1) is 36.3 Å². The number of aromatic nitrogens is 3. The van der Waals surface area contributed by atoms with Crippen molar-refractivity contribution in [3.63, 3.8) is 0 Å². The number of fused-ring (bicyclic) bond motifs is 5. The molecule has 0 radical (unpaired) electrons. The number of nitrogens with zero attached hydrogens (tertiary/aromatic N) is 6. The van der Waals surface area contributed by atoms with Gasteiger partial charge in [-0.25, -0.2) is 14.2 Å². The summed E-state index contributed by atoms with van der Waals surface area (Å²) in [5.41, 5.74) is 4.95. The van der Waals surface area contributed by atoms with E-state index in [1.54, 1.807) is 37.1 Å². The fourth-order valence-electron chi connectivity index (χ4n) is 7.81. The van der Waals surface area contributed by atoms with Gasteiger partial charge in [-0.15, -0.1) is 0 Å². The number of nitrogens with one attached hydrogen (secondary N) is 2. The number of Topliss-reactive ketones (excluding diaryl/α,β-unsaturated/α-hetero) is 1. The summed E-state index contributed by atoms with van der Waals surface area (Å²) in [5.74, 6) is -2.54. The fourth-order valence-corrected chi connectivity index (χ4v) is 7.81. The minimum absolute atomic E-state index is 0.0557. The van der Waals surface area contributed by atoms with Crippen LogP contribution in [0.1, 0.15) is 40.9 Å². The van der Waals surface area contributed by atoms with Crippen LogP contribution in [0.3, 0.4) is 0 Å². The van der Waals surface area contributed by atoms with Crippen LogP contribution in [0.2, 0.25) is 0 Å². The van der Waals surface area contributed by atoms with Gasteiger partial charge in [0, 0.05) is 99.1 Å². The monoisotopic (exact) mass is 678 g/mol. The molecule has 1 aromatic carbocycles. The molecule has 0 unspecified atom stereocenters. The standard InChI is InChI=1S/C36H35FN8O5/c1-38-26-11-25(37)32(39-2)30-21(26)10-27-31(30)33(45-8-7-18-15-43(3)17-28(18)45)23(14-40-27)19-9-22-34(49)24(16-44(4)35(22)41-12-19)36(50)42-13-20(46)5-6-29(47)48/h9,11-12,14,16,18,28,38H,5-8,10,13,15,17H2,1,3-4H3,(H,42,50)(H,47,48)/t18-,28+/m0/s1. The highest BCUT2D eigenvalue weighted by Crippen LogP contribution is 2.54. The van der Waals surface area contributed by atoms with Crippen molar-refractivity contribution in [3.8, 4) is 22.3 Å². The Balaban J connectivity index is 1.38. The summed E-state index contributed by atoms with van der Waals surface area (Å²) in [7, 11) is 5.48. The molecular formula is C36H35FN8O5. The number of benzene rings is 1. The molecule has 3 N–H and O–H groups in total. The van der Waals surface area contributed by atoms with E-state index in [1.165, 1.54) is 12.3 Å². The number of hydrogen-bond donors (Lipinski definition) is 3. The molecular weight excluding hydrogens is 643 g/mol. The van der Waals surface area contributed by atoms with Gasteiger partial charge >= 0.3 is 5.97 Å². The van der Waals surface area contributed by atoms with E-state index in [9.17, 15) is 19.2 Å². The molecule has 50 heavy (non-hydrogen) atoms. The number of carbonyl (C=O) groups is 3. The Bertz CT molecular complexity index is 2230. The molecule has 13 nitrogen and oxygen atoms in total. The summed E-state index contributed by atoms with van der Waals surface area (Å²) in [5, 5.41) is 14.5. The maximum Gasteiger partial charge on any atom is 0.303 e. The zero-order valence-electron chi connectivity index (χ0n) is 27.8. The number of anilines is 2. The van der Waals surface area contributed by atoms with E-state index in [0.29, 0.717) is 45.9 Å². The molecule has 1 aliphatic carbocycles.